The fourth-order valence-corrected chi connectivity index (χ4v) is 0.107. The zero-order valence-electron chi connectivity index (χ0n) is 4.77. The summed E-state index contributed by atoms with van der Waals surface area (Å²) in [6, 6.07) is 0. The predicted octanol–water partition coefficient (Wildman–Crippen LogP) is 2.64. The van der Waals surface area contributed by atoms with Gasteiger partial charge in [-0.3, -0.25) is 0 Å². The van der Waals surface area contributed by atoms with Crippen molar-refractivity contribution in [3.05, 3.63) is 12.7 Å². The van der Waals surface area contributed by atoms with Crippen LogP contribution in [0.25, 0.3) is 0 Å². The molecule has 54 valence electrons. The van der Waals surface area contributed by atoms with Crippen LogP contribution >= 0.6 is 23.7 Å². The maximum Gasteiger partial charge on any atom is 0.545 e. The van der Waals surface area contributed by atoms with Crippen LogP contribution in [-0.2, 0) is 8.58 Å². The minimum atomic E-state index is -1.13. The Morgan fingerprint density at radius 3 is 1.78 bits per heavy atom. The van der Waals surface area contributed by atoms with Crippen LogP contribution < -0.4 is 0 Å². The summed E-state index contributed by atoms with van der Waals surface area (Å²) in [5.74, 6) is 0. The highest BCUT2D eigenvalue weighted by atomic mass is 35.5. The first-order valence-electron chi connectivity index (χ1n) is 1.91. The van der Waals surface area contributed by atoms with Crippen LogP contribution in [0.2, 0.25) is 0 Å². The van der Waals surface area contributed by atoms with E-state index in [0.29, 0.717) is 0 Å². The average Bonchev–Trinajstić information content (AvgIpc) is 1.88. The highest BCUT2D eigenvalue weighted by Crippen LogP contribution is 1.88. The van der Waals surface area contributed by atoms with Crippen molar-refractivity contribution in [3.63, 3.8) is 0 Å². The van der Waals surface area contributed by atoms with Gasteiger partial charge in [0.1, 0.15) is 23.7 Å². The lowest BCUT2D eigenvalue weighted by atomic mass is 10.8. The summed E-state index contributed by atoms with van der Waals surface area (Å²) < 4.78 is 6.76. The minimum absolute atomic E-state index is 1.13. The first-order chi connectivity index (χ1) is 4.22. The summed E-state index contributed by atoms with van der Waals surface area (Å²) in [6.07, 6.45) is 0.623. The third kappa shape index (κ3) is 18.4. The zero-order chi connectivity index (χ0) is 7.70. The molecule has 0 saturated heterocycles. The van der Waals surface area contributed by atoms with E-state index in [1.807, 2.05) is 6.92 Å². The van der Waals surface area contributed by atoms with Crippen LogP contribution in [0.1, 0.15) is 6.92 Å². The normalized spacial score (nSPS) is 6.11. The Bertz CT molecular complexity index is 77.9. The summed E-state index contributed by atoms with van der Waals surface area (Å²) in [7, 11) is 0. The molecular weight excluding hydrogens is 167 g/mol. The van der Waals surface area contributed by atoms with E-state index in [1.165, 1.54) is 0 Å². The monoisotopic (exact) mass is 172 g/mol. The van der Waals surface area contributed by atoms with Crippen molar-refractivity contribution in [1.82, 2.24) is 0 Å². The molecule has 0 aromatic rings. The summed E-state index contributed by atoms with van der Waals surface area (Å²) in [5, 5.41) is 0. The van der Waals surface area contributed by atoms with Crippen molar-refractivity contribution < 1.29 is 13.4 Å². The summed E-state index contributed by atoms with van der Waals surface area (Å²) in [5.41, 5.74) is 0. The molecule has 0 spiro atoms. The smallest absolute Gasteiger partial charge is 0.314 e. The van der Waals surface area contributed by atoms with E-state index in [9.17, 15) is 4.79 Å². The molecule has 0 fully saturated rings. The largest absolute Gasteiger partial charge is 0.545 e. The summed E-state index contributed by atoms with van der Waals surface area (Å²) >= 11 is 8.79. The van der Waals surface area contributed by atoms with Crippen LogP contribution in [0.5, 0.6) is 0 Å². The molecule has 0 aliphatic heterocycles. The highest BCUT2D eigenvalue weighted by Gasteiger charge is 1.95. The summed E-state index contributed by atoms with van der Waals surface area (Å²) in [6.45, 7) is 5.25. The maximum atomic E-state index is 9.47. The van der Waals surface area contributed by atoms with Gasteiger partial charge in [-0.15, -0.1) is 6.58 Å². The van der Waals surface area contributed by atoms with Gasteiger partial charge in [0.25, 0.3) is 0 Å². The van der Waals surface area contributed by atoms with Gasteiger partial charge in [-0.05, 0) is 6.92 Å². The molecular formula is C4H6Cl2O3. The number of rotatable bonds is 0. The molecule has 0 bridgehead atoms. The minimum Gasteiger partial charge on any atom is -0.314 e. The average molecular weight is 173 g/mol. The number of carbonyl (C=O) groups excluding carboxylic acids is 1. The summed E-state index contributed by atoms with van der Waals surface area (Å²) in [4.78, 5) is 9.47. The quantitative estimate of drug-likeness (QED) is 0.528. The van der Waals surface area contributed by atoms with Crippen LogP contribution in [0.4, 0.5) is 4.79 Å². The molecule has 0 aromatic carbocycles. The first-order valence-corrected chi connectivity index (χ1v) is 2.52. The highest BCUT2D eigenvalue weighted by molar-refractivity contribution is 6.17. The molecule has 0 heterocycles. The second kappa shape index (κ2) is 10.5. The molecule has 3 nitrogen and oxygen atoms in total. The topological polar surface area (TPSA) is 35.5 Å². The molecule has 0 saturated carbocycles. The standard InChI is InChI=1S/C3H6.CCl2O3/c1-3-2;2-5-1(4)6-3/h3H,1H2,2H3;. The van der Waals surface area contributed by atoms with Crippen molar-refractivity contribution in [2.45, 2.75) is 6.92 Å². The molecule has 9 heavy (non-hydrogen) atoms. The molecule has 0 aromatic heterocycles. The van der Waals surface area contributed by atoms with E-state index in [4.69, 9.17) is 0 Å². The predicted molar refractivity (Wildman–Crippen MR) is 35.1 cm³/mol. The Balaban J connectivity index is 0. The van der Waals surface area contributed by atoms with E-state index >= 15 is 0 Å². The van der Waals surface area contributed by atoms with Crippen molar-refractivity contribution in [2.24, 2.45) is 0 Å². The Kier molecular flexibility index (Phi) is 13.4. The van der Waals surface area contributed by atoms with E-state index in [0.717, 1.165) is 0 Å². The van der Waals surface area contributed by atoms with Crippen LogP contribution in [0.3, 0.4) is 0 Å². The molecule has 0 aliphatic carbocycles. The number of allylic oxidation sites excluding steroid dienone is 1. The fourth-order valence-electron chi connectivity index (χ4n) is 0.0119. The second-order valence-electron chi connectivity index (χ2n) is 0.813. The zero-order valence-corrected chi connectivity index (χ0v) is 6.28. The van der Waals surface area contributed by atoms with Gasteiger partial charge in [0, 0.05) is 0 Å². The lowest BCUT2D eigenvalue weighted by Gasteiger charge is -1.81. The first kappa shape index (κ1) is 11.4. The maximum absolute atomic E-state index is 9.47. The molecule has 0 amide bonds. The third-order valence-corrected chi connectivity index (χ3v) is 0.378. The SMILES string of the molecule is C=CC.O=C(OCl)OCl. The Morgan fingerprint density at radius 1 is 1.56 bits per heavy atom. The van der Waals surface area contributed by atoms with Crippen molar-refractivity contribution in [2.75, 3.05) is 0 Å². The molecule has 0 rings (SSSR count). The Hall–Kier alpha value is -0.410. The lowest BCUT2D eigenvalue weighted by molar-refractivity contribution is 0.161. The molecule has 5 heteroatoms. The van der Waals surface area contributed by atoms with Gasteiger partial charge in [-0.1, -0.05) is 6.08 Å². The third-order valence-electron chi connectivity index (χ3n) is 0.126. The van der Waals surface area contributed by atoms with E-state index < -0.39 is 6.16 Å². The molecule has 0 radical (unpaired) electrons. The van der Waals surface area contributed by atoms with Gasteiger partial charge in [0.2, 0.25) is 0 Å². The molecule has 0 N–H and O–H groups in total. The second-order valence-corrected chi connectivity index (χ2v) is 1.12. The van der Waals surface area contributed by atoms with Crippen LogP contribution in [0, 0.1) is 0 Å². The number of halogens is 2. The van der Waals surface area contributed by atoms with Crippen molar-refractivity contribution in [3.8, 4) is 0 Å². The van der Waals surface area contributed by atoms with Gasteiger partial charge < -0.3 is 8.58 Å². The number of hydrogen-bond donors (Lipinski definition) is 0. The van der Waals surface area contributed by atoms with Crippen LogP contribution in [-0.4, -0.2) is 6.16 Å². The van der Waals surface area contributed by atoms with E-state index in [2.05, 4.69) is 38.9 Å². The van der Waals surface area contributed by atoms with Gasteiger partial charge >= 0.3 is 6.16 Å². The van der Waals surface area contributed by atoms with Gasteiger partial charge in [0.05, 0.1) is 0 Å². The van der Waals surface area contributed by atoms with E-state index in [1.54, 1.807) is 6.08 Å². The Labute approximate surface area is 63.5 Å². The van der Waals surface area contributed by atoms with Crippen molar-refractivity contribution in [1.29, 1.82) is 0 Å². The van der Waals surface area contributed by atoms with Crippen LogP contribution in [0.15, 0.2) is 12.7 Å². The number of hydrogen-bond acceptors (Lipinski definition) is 3. The Morgan fingerprint density at radius 2 is 1.78 bits per heavy atom. The fraction of sp³-hybridized carbons (Fsp3) is 0.250. The lowest BCUT2D eigenvalue weighted by Crippen LogP contribution is -1.89. The molecule has 0 unspecified atom stereocenters. The van der Waals surface area contributed by atoms with Gasteiger partial charge in [-0.25, -0.2) is 4.79 Å². The van der Waals surface area contributed by atoms with Crippen molar-refractivity contribution >= 4 is 29.9 Å². The van der Waals surface area contributed by atoms with Gasteiger partial charge in [0.15, 0.2) is 0 Å². The van der Waals surface area contributed by atoms with E-state index in [-0.39, 0.29) is 0 Å². The molecule has 0 aliphatic rings. The van der Waals surface area contributed by atoms with Gasteiger partial charge in [-0.2, -0.15) is 0 Å². The molecule has 0 atom stereocenters. The number of carbonyl (C=O) groups is 1.